The molecule has 0 bridgehead atoms. The number of aromatic amines is 1. The highest BCUT2D eigenvalue weighted by atomic mass is 15.2. The Morgan fingerprint density at radius 3 is 2.53 bits per heavy atom. The van der Waals surface area contributed by atoms with E-state index in [9.17, 15) is 0 Å². The van der Waals surface area contributed by atoms with E-state index in [2.05, 4.69) is 41.9 Å². The second kappa shape index (κ2) is 4.35. The second-order valence-corrected chi connectivity index (χ2v) is 4.88. The van der Waals surface area contributed by atoms with Crippen LogP contribution in [0.25, 0.3) is 0 Å². The average Bonchev–Trinajstić information content (AvgIpc) is 2.65. The third-order valence-electron chi connectivity index (χ3n) is 3.40. The lowest BCUT2D eigenvalue weighted by atomic mass is 9.93. The van der Waals surface area contributed by atoms with Crippen molar-refractivity contribution in [3.8, 4) is 0 Å². The molecular weight excluding hydrogens is 186 g/mol. The Hall–Kier alpha value is -0.830. The summed E-state index contributed by atoms with van der Waals surface area (Å²) in [6, 6.07) is 2.88. The summed E-state index contributed by atoms with van der Waals surface area (Å²) < 4.78 is 0. The van der Waals surface area contributed by atoms with E-state index in [0.717, 1.165) is 0 Å². The summed E-state index contributed by atoms with van der Waals surface area (Å²) in [4.78, 5) is 2.55. The molecule has 0 unspecified atom stereocenters. The fourth-order valence-corrected chi connectivity index (χ4v) is 2.36. The lowest BCUT2D eigenvalue weighted by molar-refractivity contribution is 0.171. The minimum absolute atomic E-state index is 0.671. The van der Waals surface area contributed by atoms with Crippen LogP contribution in [0.5, 0.6) is 0 Å². The van der Waals surface area contributed by atoms with Gasteiger partial charge in [0.15, 0.2) is 0 Å². The van der Waals surface area contributed by atoms with Crippen molar-refractivity contribution >= 4 is 0 Å². The largest absolute Gasteiger partial charge is 0.301 e. The van der Waals surface area contributed by atoms with E-state index in [4.69, 9.17) is 0 Å². The first kappa shape index (κ1) is 10.7. The molecule has 1 aliphatic heterocycles. The number of piperidine rings is 1. The van der Waals surface area contributed by atoms with Crippen LogP contribution in [-0.4, -0.2) is 34.2 Å². The van der Waals surface area contributed by atoms with Gasteiger partial charge >= 0.3 is 0 Å². The highest BCUT2D eigenvalue weighted by molar-refractivity contribution is 5.12. The smallest absolute Gasteiger partial charge is 0.0656 e. The number of nitrogens with one attached hydrogen (secondary N) is 1. The van der Waals surface area contributed by atoms with Gasteiger partial charge in [-0.3, -0.25) is 5.10 Å². The summed E-state index contributed by atoms with van der Waals surface area (Å²) in [7, 11) is 0. The Bertz CT molecular complexity index is 308. The average molecular weight is 207 g/mol. The van der Waals surface area contributed by atoms with E-state index in [1.807, 2.05) is 0 Å². The number of rotatable bonds is 2. The molecule has 15 heavy (non-hydrogen) atoms. The van der Waals surface area contributed by atoms with Gasteiger partial charge < -0.3 is 4.90 Å². The lowest BCUT2D eigenvalue weighted by Gasteiger charge is -2.33. The molecule has 1 aromatic heterocycles. The molecule has 1 aromatic rings. The van der Waals surface area contributed by atoms with E-state index in [0.29, 0.717) is 12.0 Å². The topological polar surface area (TPSA) is 31.9 Å². The fourth-order valence-electron chi connectivity index (χ4n) is 2.36. The van der Waals surface area contributed by atoms with Gasteiger partial charge in [-0.15, -0.1) is 0 Å². The molecule has 0 radical (unpaired) electrons. The van der Waals surface area contributed by atoms with Crippen molar-refractivity contribution < 1.29 is 0 Å². The molecule has 3 heteroatoms. The molecule has 1 aliphatic rings. The van der Waals surface area contributed by atoms with Crippen molar-refractivity contribution in [2.45, 2.75) is 45.6 Å². The van der Waals surface area contributed by atoms with Crippen molar-refractivity contribution in [2.24, 2.45) is 0 Å². The number of nitrogens with zero attached hydrogens (tertiary/aromatic N) is 2. The van der Waals surface area contributed by atoms with E-state index in [1.165, 1.54) is 37.3 Å². The van der Waals surface area contributed by atoms with Gasteiger partial charge in [0.1, 0.15) is 0 Å². The molecular formula is C12H21N3. The molecule has 1 saturated heterocycles. The summed E-state index contributed by atoms with van der Waals surface area (Å²) in [5.74, 6) is 0.671. The third-order valence-corrected chi connectivity index (χ3v) is 3.40. The number of likely N-dealkylation sites (tertiary alicyclic amines) is 1. The van der Waals surface area contributed by atoms with Crippen LogP contribution in [0.3, 0.4) is 0 Å². The molecule has 2 heterocycles. The highest BCUT2D eigenvalue weighted by Gasteiger charge is 2.23. The summed E-state index contributed by atoms with van der Waals surface area (Å²) >= 11 is 0. The molecule has 0 amide bonds. The maximum absolute atomic E-state index is 4.37. The summed E-state index contributed by atoms with van der Waals surface area (Å²) in [5, 5.41) is 7.40. The van der Waals surface area contributed by atoms with Crippen LogP contribution in [0.2, 0.25) is 0 Å². The van der Waals surface area contributed by atoms with Crippen LogP contribution in [0.4, 0.5) is 0 Å². The van der Waals surface area contributed by atoms with Gasteiger partial charge in [0, 0.05) is 17.7 Å². The van der Waals surface area contributed by atoms with Gasteiger partial charge in [-0.1, -0.05) is 0 Å². The third kappa shape index (κ3) is 2.40. The van der Waals surface area contributed by atoms with Crippen LogP contribution in [-0.2, 0) is 0 Å². The first-order chi connectivity index (χ1) is 7.16. The molecule has 1 fully saturated rings. The summed E-state index contributed by atoms with van der Waals surface area (Å²) in [6.45, 7) is 9.06. The number of aryl methyl sites for hydroxylation is 1. The Kier molecular flexibility index (Phi) is 3.10. The lowest BCUT2D eigenvalue weighted by Crippen LogP contribution is -2.37. The van der Waals surface area contributed by atoms with E-state index < -0.39 is 0 Å². The maximum atomic E-state index is 4.37. The Morgan fingerprint density at radius 1 is 1.40 bits per heavy atom. The minimum Gasteiger partial charge on any atom is -0.301 e. The first-order valence-corrected chi connectivity index (χ1v) is 5.93. The van der Waals surface area contributed by atoms with Crippen molar-refractivity contribution in [3.63, 3.8) is 0 Å². The molecule has 0 saturated carbocycles. The van der Waals surface area contributed by atoms with Gasteiger partial charge in [-0.2, -0.15) is 5.10 Å². The van der Waals surface area contributed by atoms with Crippen molar-refractivity contribution in [1.82, 2.24) is 15.1 Å². The normalized spacial score (nSPS) is 20.0. The SMILES string of the molecule is Cc1cc(C2CCN(C(C)C)CC2)n[nH]1. The quantitative estimate of drug-likeness (QED) is 0.807. The number of hydrogen-bond donors (Lipinski definition) is 1. The van der Waals surface area contributed by atoms with Crippen molar-refractivity contribution in [3.05, 3.63) is 17.5 Å². The zero-order valence-corrected chi connectivity index (χ0v) is 9.95. The number of hydrogen-bond acceptors (Lipinski definition) is 2. The van der Waals surface area contributed by atoms with Crippen LogP contribution >= 0.6 is 0 Å². The highest BCUT2D eigenvalue weighted by Crippen LogP contribution is 2.27. The van der Waals surface area contributed by atoms with Crippen molar-refractivity contribution in [2.75, 3.05) is 13.1 Å². The molecule has 84 valence electrons. The van der Waals surface area contributed by atoms with Crippen LogP contribution in [0.1, 0.15) is 44.0 Å². The maximum Gasteiger partial charge on any atom is 0.0656 e. The molecule has 3 nitrogen and oxygen atoms in total. The monoisotopic (exact) mass is 207 g/mol. The van der Waals surface area contributed by atoms with E-state index >= 15 is 0 Å². The fraction of sp³-hybridized carbons (Fsp3) is 0.750. The standard InChI is InChI=1S/C12H21N3/c1-9(2)15-6-4-11(5-7-15)12-8-10(3)13-14-12/h8-9,11H,4-7H2,1-3H3,(H,13,14). The van der Waals surface area contributed by atoms with Crippen molar-refractivity contribution in [1.29, 1.82) is 0 Å². The molecule has 0 aliphatic carbocycles. The summed E-state index contributed by atoms with van der Waals surface area (Å²) in [5.41, 5.74) is 2.44. The number of aromatic nitrogens is 2. The van der Waals surface area contributed by atoms with Crippen LogP contribution < -0.4 is 0 Å². The second-order valence-electron chi connectivity index (χ2n) is 4.88. The van der Waals surface area contributed by atoms with Crippen LogP contribution in [0.15, 0.2) is 6.07 Å². The molecule has 0 aromatic carbocycles. The minimum atomic E-state index is 0.671. The Balaban J connectivity index is 1.93. The zero-order valence-electron chi connectivity index (χ0n) is 9.95. The number of H-pyrrole nitrogens is 1. The predicted molar refractivity (Wildman–Crippen MR) is 62.0 cm³/mol. The van der Waals surface area contributed by atoms with Gasteiger partial charge in [0.25, 0.3) is 0 Å². The first-order valence-electron chi connectivity index (χ1n) is 5.93. The summed E-state index contributed by atoms with van der Waals surface area (Å²) in [6.07, 6.45) is 2.50. The predicted octanol–water partition coefficient (Wildman–Crippen LogP) is 2.31. The molecule has 1 N–H and O–H groups in total. The Morgan fingerprint density at radius 2 is 2.07 bits per heavy atom. The van der Waals surface area contributed by atoms with Gasteiger partial charge in [-0.25, -0.2) is 0 Å². The van der Waals surface area contributed by atoms with Crippen LogP contribution in [0, 0.1) is 6.92 Å². The molecule has 0 spiro atoms. The molecule has 2 rings (SSSR count). The molecule has 0 atom stereocenters. The van der Waals surface area contributed by atoms with Gasteiger partial charge in [0.2, 0.25) is 0 Å². The van der Waals surface area contributed by atoms with E-state index in [-0.39, 0.29) is 0 Å². The Labute approximate surface area is 91.9 Å². The van der Waals surface area contributed by atoms with Gasteiger partial charge in [-0.05, 0) is 52.8 Å². The zero-order chi connectivity index (χ0) is 10.8. The van der Waals surface area contributed by atoms with Gasteiger partial charge in [0.05, 0.1) is 5.69 Å². The van der Waals surface area contributed by atoms with E-state index in [1.54, 1.807) is 0 Å².